The predicted molar refractivity (Wildman–Crippen MR) is 91.6 cm³/mol. The molecule has 24 heavy (non-hydrogen) atoms. The molecule has 3 rings (SSSR count). The van der Waals surface area contributed by atoms with Crippen molar-refractivity contribution in [1.29, 1.82) is 0 Å². The first kappa shape index (κ1) is 17.1. The Kier molecular flexibility index (Phi) is 4.99. The van der Waals surface area contributed by atoms with Crippen LogP contribution in [-0.4, -0.2) is 34.2 Å². The number of rotatable bonds is 5. The van der Waals surface area contributed by atoms with E-state index in [0.717, 1.165) is 31.4 Å². The van der Waals surface area contributed by atoms with Gasteiger partial charge in [-0.05, 0) is 18.8 Å². The van der Waals surface area contributed by atoms with Gasteiger partial charge in [-0.25, -0.2) is 4.98 Å². The molecule has 1 saturated heterocycles. The summed E-state index contributed by atoms with van der Waals surface area (Å²) in [7, 11) is 0. The number of aromatic nitrogens is 1. The van der Waals surface area contributed by atoms with Gasteiger partial charge in [-0.1, -0.05) is 26.7 Å². The van der Waals surface area contributed by atoms with Crippen molar-refractivity contribution in [2.45, 2.75) is 51.9 Å². The number of anilines is 1. The van der Waals surface area contributed by atoms with E-state index in [1.807, 2.05) is 19.2 Å². The first-order chi connectivity index (χ1) is 11.5. The highest BCUT2D eigenvalue weighted by molar-refractivity contribution is 7.13. The van der Waals surface area contributed by atoms with Crippen molar-refractivity contribution < 1.29 is 14.4 Å². The van der Waals surface area contributed by atoms with Crippen molar-refractivity contribution >= 4 is 34.2 Å². The standard InChI is InChI=1S/C17H23N3O3S/c1-10(2)13-9-24-17(18-13)19-14(21)7-8-20-15(22)11-5-3-4-6-12(11)16(20)23/h9-12H,3-8H2,1-2H3,(H,18,19,21)/t11-,12-/m1/s1. The van der Waals surface area contributed by atoms with E-state index in [-0.39, 0.29) is 42.5 Å². The minimum absolute atomic E-state index is 0.0890. The summed E-state index contributed by atoms with van der Waals surface area (Å²) in [5.74, 6) is -0.378. The zero-order valence-electron chi connectivity index (χ0n) is 14.1. The molecule has 3 amide bonds. The maximum absolute atomic E-state index is 12.4. The number of nitrogens with one attached hydrogen (secondary N) is 1. The van der Waals surface area contributed by atoms with Crippen LogP contribution in [0.25, 0.3) is 0 Å². The molecule has 1 aromatic heterocycles. The normalized spacial score (nSPS) is 23.7. The van der Waals surface area contributed by atoms with Crippen molar-refractivity contribution in [2.75, 3.05) is 11.9 Å². The number of hydrogen-bond acceptors (Lipinski definition) is 5. The summed E-state index contributed by atoms with van der Waals surface area (Å²) >= 11 is 1.39. The van der Waals surface area contributed by atoms with Gasteiger partial charge in [0.25, 0.3) is 0 Å². The average Bonchev–Trinajstić information content (AvgIpc) is 3.11. The zero-order valence-corrected chi connectivity index (χ0v) is 14.9. The molecule has 6 nitrogen and oxygen atoms in total. The number of fused-ring (bicyclic) bond motifs is 1. The van der Waals surface area contributed by atoms with Gasteiger partial charge in [-0.3, -0.25) is 19.3 Å². The van der Waals surface area contributed by atoms with E-state index in [4.69, 9.17) is 0 Å². The van der Waals surface area contributed by atoms with Crippen LogP contribution in [0.3, 0.4) is 0 Å². The Hall–Kier alpha value is -1.76. The maximum atomic E-state index is 12.4. The summed E-state index contributed by atoms with van der Waals surface area (Å²) < 4.78 is 0. The molecule has 130 valence electrons. The maximum Gasteiger partial charge on any atom is 0.233 e. The lowest BCUT2D eigenvalue weighted by Crippen LogP contribution is -2.34. The molecule has 0 bridgehead atoms. The van der Waals surface area contributed by atoms with Gasteiger partial charge in [-0.2, -0.15) is 0 Å². The molecule has 1 N–H and O–H groups in total. The second-order valence-corrected chi connectivity index (χ2v) is 7.71. The molecule has 2 aliphatic rings. The number of likely N-dealkylation sites (tertiary alicyclic amines) is 1. The SMILES string of the molecule is CC(C)c1csc(NC(=O)CCN2C(=O)[C@@H]3CCCC[C@H]3C2=O)n1. The van der Waals surface area contributed by atoms with Gasteiger partial charge < -0.3 is 5.32 Å². The molecule has 1 aliphatic heterocycles. The highest BCUT2D eigenvalue weighted by Gasteiger charge is 2.47. The molecule has 0 unspecified atom stereocenters. The molecule has 1 saturated carbocycles. The van der Waals surface area contributed by atoms with Gasteiger partial charge in [0.2, 0.25) is 17.7 Å². The summed E-state index contributed by atoms with van der Waals surface area (Å²) in [5, 5.41) is 5.25. The summed E-state index contributed by atoms with van der Waals surface area (Å²) in [6, 6.07) is 0. The minimum atomic E-state index is -0.213. The monoisotopic (exact) mass is 349 g/mol. The van der Waals surface area contributed by atoms with E-state index < -0.39 is 0 Å². The van der Waals surface area contributed by atoms with Crippen LogP contribution in [0, 0.1) is 11.8 Å². The van der Waals surface area contributed by atoms with Gasteiger partial charge >= 0.3 is 0 Å². The molecular formula is C17H23N3O3S. The Morgan fingerprint density at radius 1 is 1.29 bits per heavy atom. The molecule has 2 fully saturated rings. The third-order valence-corrected chi connectivity index (χ3v) is 5.63. The molecule has 2 heterocycles. The van der Waals surface area contributed by atoms with Crippen LogP contribution in [0.15, 0.2) is 5.38 Å². The first-order valence-corrected chi connectivity index (χ1v) is 9.46. The van der Waals surface area contributed by atoms with E-state index in [1.165, 1.54) is 16.2 Å². The molecule has 0 aromatic carbocycles. The molecule has 2 atom stereocenters. The number of nitrogens with zero attached hydrogens (tertiary/aromatic N) is 2. The Balaban J connectivity index is 1.54. The third-order valence-electron chi connectivity index (χ3n) is 4.85. The van der Waals surface area contributed by atoms with Crippen molar-refractivity contribution in [3.05, 3.63) is 11.1 Å². The summed E-state index contributed by atoms with van der Waals surface area (Å²) in [4.78, 5) is 42.5. The highest BCUT2D eigenvalue weighted by atomic mass is 32.1. The van der Waals surface area contributed by atoms with Gasteiger partial charge in [0.15, 0.2) is 5.13 Å². The molecule has 1 aromatic rings. The number of carbonyl (C=O) groups is 3. The Labute approximate surface area is 145 Å². The van der Waals surface area contributed by atoms with Crippen molar-refractivity contribution in [3.63, 3.8) is 0 Å². The Morgan fingerprint density at radius 2 is 1.92 bits per heavy atom. The van der Waals surface area contributed by atoms with Gasteiger partial charge in [0.1, 0.15) is 0 Å². The Morgan fingerprint density at radius 3 is 2.46 bits per heavy atom. The molecule has 0 spiro atoms. The van der Waals surface area contributed by atoms with Crippen molar-refractivity contribution in [3.8, 4) is 0 Å². The number of imide groups is 1. The van der Waals surface area contributed by atoms with Crippen LogP contribution in [0.5, 0.6) is 0 Å². The minimum Gasteiger partial charge on any atom is -0.302 e. The van der Waals surface area contributed by atoms with E-state index in [2.05, 4.69) is 10.3 Å². The van der Waals surface area contributed by atoms with E-state index in [1.54, 1.807) is 0 Å². The van der Waals surface area contributed by atoms with Crippen LogP contribution in [0.4, 0.5) is 5.13 Å². The van der Waals surface area contributed by atoms with E-state index in [0.29, 0.717) is 11.0 Å². The molecule has 7 heteroatoms. The molecule has 0 radical (unpaired) electrons. The Bertz CT molecular complexity index is 631. The number of amides is 3. The van der Waals surface area contributed by atoms with Crippen molar-refractivity contribution in [2.24, 2.45) is 11.8 Å². The lowest BCUT2D eigenvalue weighted by atomic mass is 9.81. The fourth-order valence-electron chi connectivity index (χ4n) is 3.46. The van der Waals surface area contributed by atoms with Crippen LogP contribution in [0.2, 0.25) is 0 Å². The quantitative estimate of drug-likeness (QED) is 0.829. The second-order valence-electron chi connectivity index (χ2n) is 6.86. The molecule has 1 aliphatic carbocycles. The summed E-state index contributed by atoms with van der Waals surface area (Å²) in [6.45, 7) is 4.26. The summed E-state index contributed by atoms with van der Waals surface area (Å²) in [5.41, 5.74) is 0.948. The van der Waals surface area contributed by atoms with E-state index >= 15 is 0 Å². The van der Waals surface area contributed by atoms with Crippen LogP contribution >= 0.6 is 11.3 Å². The fraction of sp³-hybridized carbons (Fsp3) is 0.647. The second kappa shape index (κ2) is 7.01. The number of carbonyl (C=O) groups excluding carboxylic acids is 3. The lowest BCUT2D eigenvalue weighted by molar-refractivity contribution is -0.140. The highest BCUT2D eigenvalue weighted by Crippen LogP contribution is 2.38. The largest absolute Gasteiger partial charge is 0.302 e. The number of thiazole rings is 1. The van der Waals surface area contributed by atoms with E-state index in [9.17, 15) is 14.4 Å². The molecular weight excluding hydrogens is 326 g/mol. The van der Waals surface area contributed by atoms with Crippen LogP contribution in [-0.2, 0) is 14.4 Å². The first-order valence-electron chi connectivity index (χ1n) is 8.58. The summed E-state index contributed by atoms with van der Waals surface area (Å²) in [6.07, 6.45) is 3.74. The van der Waals surface area contributed by atoms with Crippen LogP contribution in [0.1, 0.15) is 57.6 Å². The third kappa shape index (κ3) is 3.36. The van der Waals surface area contributed by atoms with Crippen LogP contribution < -0.4 is 5.32 Å². The van der Waals surface area contributed by atoms with Gasteiger partial charge in [0, 0.05) is 18.3 Å². The predicted octanol–water partition coefficient (Wildman–Crippen LogP) is 2.77. The average molecular weight is 349 g/mol. The fourth-order valence-corrected chi connectivity index (χ4v) is 4.34. The van der Waals surface area contributed by atoms with Crippen molar-refractivity contribution in [1.82, 2.24) is 9.88 Å². The lowest BCUT2D eigenvalue weighted by Gasteiger charge is -2.19. The smallest absolute Gasteiger partial charge is 0.233 e. The zero-order chi connectivity index (χ0) is 17.3. The topological polar surface area (TPSA) is 79.4 Å². The van der Waals surface area contributed by atoms with Gasteiger partial charge in [-0.15, -0.1) is 11.3 Å². The van der Waals surface area contributed by atoms with Gasteiger partial charge in [0.05, 0.1) is 17.5 Å². The number of hydrogen-bond donors (Lipinski definition) is 1.